The second kappa shape index (κ2) is 6.79. The van der Waals surface area contributed by atoms with Crippen molar-refractivity contribution in [3.63, 3.8) is 0 Å². The van der Waals surface area contributed by atoms with Gasteiger partial charge in [-0.3, -0.25) is 0 Å². The third kappa shape index (κ3) is 5.71. The van der Waals surface area contributed by atoms with Gasteiger partial charge in [0.15, 0.2) is 0 Å². The Morgan fingerprint density at radius 3 is 2.43 bits per heavy atom. The Hall–Kier alpha value is -0.400. The molecular weight excluding hydrogens is 338 g/mol. The van der Waals surface area contributed by atoms with Crippen LogP contribution in [0, 0.1) is 5.82 Å². The van der Waals surface area contributed by atoms with Gasteiger partial charge < -0.3 is 5.32 Å². The van der Waals surface area contributed by atoms with Crippen LogP contribution >= 0.6 is 23.2 Å². The summed E-state index contributed by atoms with van der Waals surface area (Å²) in [7, 11) is -3.32. The van der Waals surface area contributed by atoms with Crippen molar-refractivity contribution < 1.29 is 12.8 Å². The Morgan fingerprint density at radius 2 is 1.90 bits per heavy atom. The number of rotatable bonds is 6. The van der Waals surface area contributed by atoms with Crippen molar-refractivity contribution in [1.29, 1.82) is 0 Å². The number of sulfonamides is 1. The average molecular weight is 357 g/mol. The van der Waals surface area contributed by atoms with Gasteiger partial charge in [-0.1, -0.05) is 23.2 Å². The summed E-state index contributed by atoms with van der Waals surface area (Å²) in [6.45, 7) is 5.58. The lowest BCUT2D eigenvalue weighted by Crippen LogP contribution is -2.50. The Kier molecular flexibility index (Phi) is 6.03. The molecule has 1 atom stereocenters. The third-order valence-corrected chi connectivity index (χ3v) is 4.46. The Bertz CT molecular complexity index is 621. The zero-order valence-corrected chi connectivity index (χ0v) is 14.6. The highest BCUT2D eigenvalue weighted by Gasteiger charge is 2.24. The summed E-state index contributed by atoms with van der Waals surface area (Å²) in [6, 6.07) is 2.31. The van der Waals surface area contributed by atoms with Crippen LogP contribution in [0.25, 0.3) is 0 Å². The van der Waals surface area contributed by atoms with E-state index in [1.165, 1.54) is 12.1 Å². The molecule has 0 aliphatic heterocycles. The van der Waals surface area contributed by atoms with E-state index in [-0.39, 0.29) is 11.1 Å². The molecule has 0 amide bonds. The van der Waals surface area contributed by atoms with E-state index in [4.69, 9.17) is 23.2 Å². The lowest BCUT2D eigenvalue weighted by atomic mass is 10.0. The Morgan fingerprint density at radius 1 is 1.33 bits per heavy atom. The number of hydrogen-bond acceptors (Lipinski definition) is 3. The zero-order valence-electron chi connectivity index (χ0n) is 12.3. The van der Waals surface area contributed by atoms with Crippen LogP contribution in [0.15, 0.2) is 12.1 Å². The summed E-state index contributed by atoms with van der Waals surface area (Å²) in [5.74, 6) is -0.543. The highest BCUT2D eigenvalue weighted by Crippen LogP contribution is 2.32. The lowest BCUT2D eigenvalue weighted by molar-refractivity contribution is 0.399. The second-order valence-corrected chi connectivity index (χ2v) is 8.15. The minimum Gasteiger partial charge on any atom is -0.308 e. The molecule has 0 fully saturated rings. The van der Waals surface area contributed by atoms with E-state index in [2.05, 4.69) is 10.0 Å². The smallest absolute Gasteiger partial charge is 0.209 e. The van der Waals surface area contributed by atoms with Crippen LogP contribution in [0.2, 0.25) is 10.0 Å². The van der Waals surface area contributed by atoms with Crippen molar-refractivity contribution in [3.8, 4) is 0 Å². The van der Waals surface area contributed by atoms with Crippen LogP contribution in [0.5, 0.6) is 0 Å². The summed E-state index contributed by atoms with van der Waals surface area (Å²) in [4.78, 5) is 0. The number of benzene rings is 1. The molecule has 120 valence electrons. The molecule has 0 bridgehead atoms. The summed E-state index contributed by atoms with van der Waals surface area (Å²) < 4.78 is 38.6. The van der Waals surface area contributed by atoms with E-state index in [0.29, 0.717) is 17.1 Å². The normalized spacial score (nSPS) is 14.2. The molecule has 0 heterocycles. The maximum absolute atomic E-state index is 13.5. The van der Waals surface area contributed by atoms with E-state index in [9.17, 15) is 12.8 Å². The van der Waals surface area contributed by atoms with Gasteiger partial charge in [-0.2, -0.15) is 0 Å². The molecule has 0 aliphatic rings. The Balaban J connectivity index is 2.84. The molecule has 0 saturated carbocycles. The van der Waals surface area contributed by atoms with Crippen LogP contribution in [0.4, 0.5) is 4.39 Å². The van der Waals surface area contributed by atoms with Crippen molar-refractivity contribution >= 4 is 33.2 Å². The summed E-state index contributed by atoms with van der Waals surface area (Å²) in [5.41, 5.74) is -0.248. The van der Waals surface area contributed by atoms with Gasteiger partial charge in [0.25, 0.3) is 0 Å². The first-order valence-corrected chi connectivity index (χ1v) is 8.93. The van der Waals surface area contributed by atoms with Gasteiger partial charge in [-0.25, -0.2) is 17.5 Å². The molecular formula is C13H19Cl2FN2O2S. The Labute approximate surface area is 135 Å². The molecule has 1 rings (SSSR count). The first-order chi connectivity index (χ1) is 9.43. The predicted octanol–water partition coefficient (Wildman–Crippen LogP) is 3.11. The highest BCUT2D eigenvalue weighted by atomic mass is 35.5. The van der Waals surface area contributed by atoms with Crippen molar-refractivity contribution in [2.75, 3.05) is 12.8 Å². The van der Waals surface area contributed by atoms with Crippen molar-refractivity contribution in [1.82, 2.24) is 10.0 Å². The molecule has 21 heavy (non-hydrogen) atoms. The fourth-order valence-electron chi connectivity index (χ4n) is 1.99. The molecule has 1 unspecified atom stereocenters. The maximum Gasteiger partial charge on any atom is 0.209 e. The van der Waals surface area contributed by atoms with Gasteiger partial charge in [0, 0.05) is 28.7 Å². The average Bonchev–Trinajstić information content (AvgIpc) is 2.29. The van der Waals surface area contributed by atoms with Crippen LogP contribution < -0.4 is 10.0 Å². The molecule has 0 saturated heterocycles. The largest absolute Gasteiger partial charge is 0.308 e. The van der Waals surface area contributed by atoms with Crippen molar-refractivity contribution in [2.45, 2.75) is 32.4 Å². The summed E-state index contributed by atoms with van der Waals surface area (Å²) in [5, 5.41) is 3.43. The molecule has 2 N–H and O–H groups in total. The van der Waals surface area contributed by atoms with Crippen LogP contribution in [0.3, 0.4) is 0 Å². The van der Waals surface area contributed by atoms with Crippen LogP contribution in [-0.4, -0.2) is 26.8 Å². The van der Waals surface area contributed by atoms with Gasteiger partial charge >= 0.3 is 0 Å². The van der Waals surface area contributed by atoms with Crippen LogP contribution in [0.1, 0.15) is 32.4 Å². The molecule has 0 aliphatic carbocycles. The monoisotopic (exact) mass is 356 g/mol. The van der Waals surface area contributed by atoms with E-state index in [1.54, 1.807) is 20.8 Å². The molecule has 1 aromatic rings. The zero-order chi connectivity index (χ0) is 16.4. The molecule has 0 spiro atoms. The van der Waals surface area contributed by atoms with E-state index in [1.807, 2.05) is 0 Å². The quantitative estimate of drug-likeness (QED) is 0.770. The lowest BCUT2D eigenvalue weighted by Gasteiger charge is -2.28. The number of halogens is 3. The van der Waals surface area contributed by atoms with Gasteiger partial charge in [0.05, 0.1) is 11.3 Å². The topological polar surface area (TPSA) is 58.2 Å². The molecule has 4 nitrogen and oxygen atoms in total. The fraction of sp³-hybridized carbons (Fsp3) is 0.538. The highest BCUT2D eigenvalue weighted by molar-refractivity contribution is 7.88. The number of nitrogens with one attached hydrogen (secondary N) is 2. The fourth-order valence-corrected chi connectivity index (χ4v) is 3.76. The molecule has 0 radical (unpaired) electrons. The van der Waals surface area contributed by atoms with Gasteiger partial charge in [-0.15, -0.1) is 0 Å². The summed E-state index contributed by atoms with van der Waals surface area (Å²) >= 11 is 12.0. The maximum atomic E-state index is 13.5. The van der Waals surface area contributed by atoms with E-state index >= 15 is 0 Å². The minimum absolute atomic E-state index is 0.0311. The predicted molar refractivity (Wildman–Crippen MR) is 84.9 cm³/mol. The first-order valence-electron chi connectivity index (χ1n) is 6.29. The number of hydrogen-bond donors (Lipinski definition) is 2. The standard InChI is InChI=1S/C13H19Cl2FN2O2S/c1-8(11-9(14)5-6-10(16)12(11)15)17-7-13(2,3)18-21(4,19)20/h5-6,8,17-18H,7H2,1-4H3. The molecule has 0 aromatic heterocycles. The van der Waals surface area contributed by atoms with Crippen LogP contribution in [-0.2, 0) is 10.0 Å². The first kappa shape index (κ1) is 18.6. The SMILES string of the molecule is CC(NCC(C)(C)NS(C)(=O)=O)c1c(Cl)ccc(F)c1Cl. The van der Waals surface area contributed by atoms with E-state index in [0.717, 1.165) is 6.26 Å². The molecule has 1 aromatic carbocycles. The minimum atomic E-state index is -3.32. The van der Waals surface area contributed by atoms with Gasteiger partial charge in [-0.05, 0) is 32.9 Å². The summed E-state index contributed by atoms with van der Waals surface area (Å²) in [6.07, 6.45) is 1.10. The second-order valence-electron chi connectivity index (χ2n) is 5.62. The van der Waals surface area contributed by atoms with Crippen molar-refractivity contribution in [3.05, 3.63) is 33.6 Å². The van der Waals surface area contributed by atoms with E-state index < -0.39 is 21.4 Å². The van der Waals surface area contributed by atoms with Crippen molar-refractivity contribution in [2.24, 2.45) is 0 Å². The van der Waals surface area contributed by atoms with Gasteiger partial charge in [0.2, 0.25) is 10.0 Å². The molecule has 8 heteroatoms. The van der Waals surface area contributed by atoms with Gasteiger partial charge in [0.1, 0.15) is 5.82 Å². The third-order valence-electron chi connectivity index (χ3n) is 2.82.